The number of rotatable bonds is 5. The number of ether oxygens (including phenoxy) is 2. The van der Waals surface area contributed by atoms with Crippen molar-refractivity contribution in [2.24, 2.45) is 5.84 Å². The molecule has 2 rings (SSSR count). The van der Waals surface area contributed by atoms with E-state index < -0.39 is 11.9 Å². The molecule has 0 aliphatic carbocycles. The molecule has 2 aromatic rings. The van der Waals surface area contributed by atoms with Gasteiger partial charge in [0.2, 0.25) is 0 Å². The van der Waals surface area contributed by atoms with Crippen molar-refractivity contribution in [3.8, 4) is 11.5 Å². The van der Waals surface area contributed by atoms with Gasteiger partial charge in [-0.05, 0) is 35.9 Å². The van der Waals surface area contributed by atoms with Crippen molar-refractivity contribution in [2.45, 2.75) is 6.04 Å². The summed E-state index contributed by atoms with van der Waals surface area (Å²) in [6, 6.07) is 9.36. The number of nitrogens with two attached hydrogens (primary N) is 1. The molecule has 6 heteroatoms. The van der Waals surface area contributed by atoms with Gasteiger partial charge in [0, 0.05) is 10.6 Å². The van der Waals surface area contributed by atoms with Crippen LogP contribution in [0.5, 0.6) is 11.5 Å². The minimum Gasteiger partial charge on any atom is -0.496 e. The lowest BCUT2D eigenvalue weighted by Crippen LogP contribution is -2.29. The molecule has 0 aliphatic heterocycles. The molecular weight excluding hydrogens is 295 g/mol. The molecule has 0 spiro atoms. The lowest BCUT2D eigenvalue weighted by atomic mass is 9.98. The van der Waals surface area contributed by atoms with E-state index in [1.165, 1.54) is 13.2 Å². The van der Waals surface area contributed by atoms with E-state index in [9.17, 15) is 4.39 Å². The topological polar surface area (TPSA) is 56.5 Å². The minimum absolute atomic E-state index is 0.174. The Hall–Kier alpha value is -1.82. The predicted molar refractivity (Wildman–Crippen MR) is 80.1 cm³/mol. The third kappa shape index (κ3) is 3.26. The van der Waals surface area contributed by atoms with Gasteiger partial charge in [0.25, 0.3) is 0 Å². The van der Waals surface area contributed by atoms with Crippen LogP contribution in [0.2, 0.25) is 5.02 Å². The van der Waals surface area contributed by atoms with Crippen molar-refractivity contribution in [3.05, 3.63) is 58.4 Å². The number of benzene rings is 2. The quantitative estimate of drug-likeness (QED) is 0.658. The number of halogens is 2. The second-order valence-electron chi connectivity index (χ2n) is 4.38. The van der Waals surface area contributed by atoms with Crippen LogP contribution in [-0.4, -0.2) is 14.2 Å². The highest BCUT2D eigenvalue weighted by molar-refractivity contribution is 6.30. The monoisotopic (exact) mass is 310 g/mol. The van der Waals surface area contributed by atoms with Crippen LogP contribution in [0.4, 0.5) is 4.39 Å². The molecule has 0 fully saturated rings. The summed E-state index contributed by atoms with van der Waals surface area (Å²) in [4.78, 5) is 0. The summed E-state index contributed by atoms with van der Waals surface area (Å²) in [5.74, 6) is 5.95. The SMILES string of the molecule is COc1ccc(C(NN)c2cc(Cl)ccc2OC)cc1F. The molecule has 0 aromatic heterocycles. The second kappa shape index (κ2) is 6.76. The molecule has 3 N–H and O–H groups in total. The van der Waals surface area contributed by atoms with Crippen LogP contribution in [0.15, 0.2) is 36.4 Å². The fraction of sp³-hybridized carbons (Fsp3) is 0.200. The van der Waals surface area contributed by atoms with E-state index in [1.54, 1.807) is 37.4 Å². The molecule has 1 atom stereocenters. The Morgan fingerprint density at radius 3 is 2.33 bits per heavy atom. The first-order valence-corrected chi connectivity index (χ1v) is 6.61. The van der Waals surface area contributed by atoms with E-state index in [1.807, 2.05) is 0 Å². The van der Waals surface area contributed by atoms with Crippen molar-refractivity contribution >= 4 is 11.6 Å². The van der Waals surface area contributed by atoms with Crippen LogP contribution in [0, 0.1) is 5.82 Å². The first-order valence-electron chi connectivity index (χ1n) is 6.23. The van der Waals surface area contributed by atoms with Crippen LogP contribution in [0.25, 0.3) is 0 Å². The van der Waals surface area contributed by atoms with Gasteiger partial charge in [0.05, 0.1) is 20.3 Å². The largest absolute Gasteiger partial charge is 0.496 e. The molecule has 0 heterocycles. The van der Waals surface area contributed by atoms with E-state index in [0.717, 1.165) is 5.56 Å². The van der Waals surface area contributed by atoms with Crippen molar-refractivity contribution < 1.29 is 13.9 Å². The number of methoxy groups -OCH3 is 2. The zero-order valence-electron chi connectivity index (χ0n) is 11.7. The zero-order chi connectivity index (χ0) is 15.4. The molecule has 2 aromatic carbocycles. The van der Waals surface area contributed by atoms with Crippen molar-refractivity contribution in [2.75, 3.05) is 14.2 Å². The smallest absolute Gasteiger partial charge is 0.165 e. The Labute approximate surface area is 127 Å². The Kier molecular flexibility index (Phi) is 5.01. The number of hydrazine groups is 1. The standard InChI is InChI=1S/C15H16ClFN2O2/c1-20-13-6-4-10(16)8-11(13)15(19-18)9-3-5-14(21-2)12(17)7-9/h3-8,15,19H,18H2,1-2H3. The van der Waals surface area contributed by atoms with Gasteiger partial charge in [-0.3, -0.25) is 5.84 Å². The minimum atomic E-state index is -0.462. The fourth-order valence-electron chi connectivity index (χ4n) is 2.16. The summed E-state index contributed by atoms with van der Waals surface area (Å²) in [6.45, 7) is 0. The van der Waals surface area contributed by atoms with E-state index >= 15 is 0 Å². The third-order valence-corrected chi connectivity index (χ3v) is 3.41. The van der Waals surface area contributed by atoms with Crippen molar-refractivity contribution in [3.63, 3.8) is 0 Å². The molecule has 0 saturated carbocycles. The molecule has 0 radical (unpaired) electrons. The highest BCUT2D eigenvalue weighted by Crippen LogP contribution is 2.33. The molecule has 0 amide bonds. The van der Waals surface area contributed by atoms with Crippen LogP contribution < -0.4 is 20.7 Å². The lowest BCUT2D eigenvalue weighted by Gasteiger charge is -2.20. The fourth-order valence-corrected chi connectivity index (χ4v) is 2.34. The molecule has 0 bridgehead atoms. The Bertz CT molecular complexity index is 637. The van der Waals surface area contributed by atoms with Gasteiger partial charge in [0.15, 0.2) is 11.6 Å². The molecule has 1 unspecified atom stereocenters. The van der Waals surface area contributed by atoms with Crippen LogP contribution in [-0.2, 0) is 0 Å². The molecule has 0 saturated heterocycles. The van der Waals surface area contributed by atoms with Crippen LogP contribution >= 0.6 is 11.6 Å². The predicted octanol–water partition coefficient (Wildman–Crippen LogP) is 3.05. The first-order chi connectivity index (χ1) is 10.1. The molecular formula is C15H16ClFN2O2. The summed E-state index contributed by atoms with van der Waals surface area (Å²) in [7, 11) is 2.96. The molecule has 21 heavy (non-hydrogen) atoms. The van der Waals surface area contributed by atoms with E-state index in [2.05, 4.69) is 5.43 Å². The lowest BCUT2D eigenvalue weighted by molar-refractivity contribution is 0.385. The van der Waals surface area contributed by atoms with Crippen molar-refractivity contribution in [1.82, 2.24) is 5.43 Å². The molecule has 0 aliphatic rings. The first kappa shape index (κ1) is 15.6. The van der Waals surface area contributed by atoms with Crippen LogP contribution in [0.3, 0.4) is 0 Å². The number of hydrogen-bond donors (Lipinski definition) is 2. The summed E-state index contributed by atoms with van der Waals surface area (Å²) in [5.41, 5.74) is 4.01. The average Bonchev–Trinajstić information content (AvgIpc) is 2.48. The van der Waals surface area contributed by atoms with E-state index in [-0.39, 0.29) is 5.75 Å². The normalized spacial score (nSPS) is 12.0. The highest BCUT2D eigenvalue weighted by atomic mass is 35.5. The summed E-state index contributed by atoms with van der Waals surface area (Å²) in [5, 5.41) is 0.542. The van der Waals surface area contributed by atoms with Crippen LogP contribution in [0.1, 0.15) is 17.2 Å². The maximum atomic E-state index is 13.9. The van der Waals surface area contributed by atoms with Gasteiger partial charge < -0.3 is 9.47 Å². The van der Waals surface area contributed by atoms with Gasteiger partial charge in [-0.1, -0.05) is 17.7 Å². The van der Waals surface area contributed by atoms with E-state index in [4.69, 9.17) is 26.9 Å². The van der Waals surface area contributed by atoms with Gasteiger partial charge in [-0.15, -0.1) is 0 Å². The van der Waals surface area contributed by atoms with Gasteiger partial charge in [-0.2, -0.15) is 0 Å². The summed E-state index contributed by atoms with van der Waals surface area (Å²) >= 11 is 6.02. The summed E-state index contributed by atoms with van der Waals surface area (Å²) in [6.07, 6.45) is 0. The molecule has 112 valence electrons. The Morgan fingerprint density at radius 1 is 1.10 bits per heavy atom. The van der Waals surface area contributed by atoms with Gasteiger partial charge >= 0.3 is 0 Å². The number of hydrogen-bond acceptors (Lipinski definition) is 4. The third-order valence-electron chi connectivity index (χ3n) is 3.18. The maximum absolute atomic E-state index is 13.9. The van der Waals surface area contributed by atoms with Gasteiger partial charge in [-0.25, -0.2) is 9.82 Å². The zero-order valence-corrected chi connectivity index (χ0v) is 12.4. The molecule has 4 nitrogen and oxygen atoms in total. The van der Waals surface area contributed by atoms with Crippen molar-refractivity contribution in [1.29, 1.82) is 0 Å². The number of nitrogens with one attached hydrogen (secondary N) is 1. The second-order valence-corrected chi connectivity index (χ2v) is 4.82. The van der Waals surface area contributed by atoms with Gasteiger partial charge in [0.1, 0.15) is 5.75 Å². The Balaban J connectivity index is 2.49. The summed E-state index contributed by atoms with van der Waals surface area (Å²) < 4.78 is 24.1. The average molecular weight is 311 g/mol. The maximum Gasteiger partial charge on any atom is 0.165 e. The van der Waals surface area contributed by atoms with E-state index in [0.29, 0.717) is 16.3 Å². The highest BCUT2D eigenvalue weighted by Gasteiger charge is 2.19. The Morgan fingerprint density at radius 2 is 1.76 bits per heavy atom.